The van der Waals surface area contributed by atoms with Crippen molar-refractivity contribution >= 4 is 39.2 Å². The van der Waals surface area contributed by atoms with Crippen LogP contribution in [0, 0.1) is 0 Å². The van der Waals surface area contributed by atoms with E-state index in [1.807, 2.05) is 21.6 Å². The predicted octanol–water partition coefficient (Wildman–Crippen LogP) is 3.44. The molecule has 0 aromatic carbocycles. The number of hydrogen-bond donors (Lipinski definition) is 0. The molecule has 0 aromatic heterocycles. The molecule has 0 aromatic rings. The zero-order chi connectivity index (χ0) is 10.2. The van der Waals surface area contributed by atoms with Gasteiger partial charge in [-0.3, -0.25) is 4.79 Å². The number of ether oxygens (including phenoxy) is 1. The summed E-state index contributed by atoms with van der Waals surface area (Å²) >= 11 is 5.26. The molecule has 2 nitrogen and oxygen atoms in total. The van der Waals surface area contributed by atoms with E-state index in [4.69, 9.17) is 11.6 Å². The number of carbonyl (C=O) groups is 1. The first kappa shape index (κ1) is 12.5. The number of halogens is 1. The zero-order valence-electron chi connectivity index (χ0n) is 8.04. The Labute approximate surface area is 97.9 Å². The van der Waals surface area contributed by atoms with Crippen LogP contribution in [0.25, 0.3) is 0 Å². The fourth-order valence-electron chi connectivity index (χ4n) is 1.34. The molecular weight excluding hydrogens is 240 g/mol. The van der Waals surface area contributed by atoms with Crippen LogP contribution in [0.15, 0.2) is 0 Å². The lowest BCUT2D eigenvalue weighted by molar-refractivity contribution is -0.141. The van der Waals surface area contributed by atoms with Crippen molar-refractivity contribution in [1.29, 1.82) is 0 Å². The maximum Gasteiger partial charge on any atom is 0.306 e. The minimum absolute atomic E-state index is 0.0199. The van der Waals surface area contributed by atoms with Crippen LogP contribution in [0.3, 0.4) is 0 Å². The topological polar surface area (TPSA) is 26.3 Å². The van der Waals surface area contributed by atoms with Crippen LogP contribution in [0.1, 0.15) is 32.1 Å². The van der Waals surface area contributed by atoms with Crippen LogP contribution >= 0.6 is 33.2 Å². The van der Waals surface area contributed by atoms with Gasteiger partial charge in [0.05, 0.1) is 0 Å². The monoisotopic (exact) mass is 254 g/mol. The van der Waals surface area contributed by atoms with E-state index in [1.165, 1.54) is 18.6 Å². The Balaban J connectivity index is 1.90. The van der Waals surface area contributed by atoms with E-state index in [-0.39, 0.29) is 12.0 Å². The molecule has 0 saturated carbocycles. The van der Waals surface area contributed by atoms with Gasteiger partial charge < -0.3 is 4.74 Å². The molecule has 0 unspecified atom stereocenters. The van der Waals surface area contributed by atoms with Crippen LogP contribution < -0.4 is 0 Å². The van der Waals surface area contributed by atoms with E-state index in [0.717, 1.165) is 18.1 Å². The largest absolute Gasteiger partial charge is 0.449 e. The zero-order valence-corrected chi connectivity index (χ0v) is 10.4. The highest BCUT2D eigenvalue weighted by atomic mass is 35.5. The highest BCUT2D eigenvalue weighted by Crippen LogP contribution is 2.39. The lowest BCUT2D eigenvalue weighted by Crippen LogP contribution is -2.03. The summed E-state index contributed by atoms with van der Waals surface area (Å²) in [4.78, 5) is 10.9. The molecule has 0 N–H and O–H groups in total. The number of alkyl halides is 1. The summed E-state index contributed by atoms with van der Waals surface area (Å²) in [6, 6.07) is -0.0199. The number of esters is 1. The van der Waals surface area contributed by atoms with Crippen molar-refractivity contribution in [3.63, 3.8) is 0 Å². The lowest BCUT2D eigenvalue weighted by atomic mass is 10.1. The van der Waals surface area contributed by atoms with Crippen LogP contribution in [-0.4, -0.2) is 23.0 Å². The molecule has 1 fully saturated rings. The Morgan fingerprint density at radius 2 is 2.36 bits per heavy atom. The van der Waals surface area contributed by atoms with Crippen molar-refractivity contribution in [2.75, 3.05) is 11.8 Å². The van der Waals surface area contributed by atoms with Gasteiger partial charge in [-0.1, -0.05) is 39.6 Å². The van der Waals surface area contributed by atoms with Crippen molar-refractivity contribution in [2.45, 2.75) is 37.4 Å². The minimum Gasteiger partial charge on any atom is -0.449 e. The lowest BCUT2D eigenvalue weighted by Gasteiger charge is -2.06. The average molecular weight is 255 g/mol. The van der Waals surface area contributed by atoms with Crippen LogP contribution in [-0.2, 0) is 9.53 Å². The molecule has 1 aliphatic heterocycles. The summed E-state index contributed by atoms with van der Waals surface area (Å²) in [7, 11) is 3.95. The normalized spacial score (nSPS) is 21.1. The molecule has 14 heavy (non-hydrogen) atoms. The van der Waals surface area contributed by atoms with Gasteiger partial charge in [0.15, 0.2) is 6.07 Å². The van der Waals surface area contributed by atoms with E-state index < -0.39 is 0 Å². The predicted molar refractivity (Wildman–Crippen MR) is 63.7 cm³/mol. The fourth-order valence-corrected chi connectivity index (χ4v) is 4.49. The molecule has 1 atom stereocenters. The third-order valence-corrected chi connectivity index (χ3v) is 5.22. The van der Waals surface area contributed by atoms with Gasteiger partial charge in [-0.2, -0.15) is 0 Å². The van der Waals surface area contributed by atoms with Crippen molar-refractivity contribution in [3.05, 3.63) is 0 Å². The first-order chi connectivity index (χ1) is 6.83. The second-order valence-corrected chi connectivity index (χ2v) is 6.21. The van der Waals surface area contributed by atoms with E-state index >= 15 is 0 Å². The van der Waals surface area contributed by atoms with Crippen molar-refractivity contribution < 1.29 is 9.53 Å². The van der Waals surface area contributed by atoms with Crippen LogP contribution in [0.2, 0.25) is 0 Å². The third kappa shape index (κ3) is 5.37. The standard InChI is InChI=1S/C9H15ClO2S2/c10-7-12-9(11)4-2-1-3-8-5-6-13-14-8/h8H,1-7H2/t8-/m1/s1. The van der Waals surface area contributed by atoms with Crippen molar-refractivity contribution in [1.82, 2.24) is 0 Å². The Bertz CT molecular complexity index is 172. The van der Waals surface area contributed by atoms with Gasteiger partial charge in [0.2, 0.25) is 0 Å². The Morgan fingerprint density at radius 1 is 1.50 bits per heavy atom. The molecule has 0 bridgehead atoms. The Morgan fingerprint density at radius 3 is 3.00 bits per heavy atom. The average Bonchev–Trinajstić information content (AvgIpc) is 2.65. The second kappa shape index (κ2) is 7.71. The highest BCUT2D eigenvalue weighted by Gasteiger charge is 2.15. The summed E-state index contributed by atoms with van der Waals surface area (Å²) in [6.45, 7) is 0. The van der Waals surface area contributed by atoms with Crippen LogP contribution in [0.4, 0.5) is 0 Å². The maximum atomic E-state index is 10.9. The number of unbranched alkanes of at least 4 members (excludes halogenated alkanes) is 1. The van der Waals surface area contributed by atoms with Gasteiger partial charge in [0.25, 0.3) is 0 Å². The van der Waals surface area contributed by atoms with E-state index in [9.17, 15) is 4.79 Å². The molecule has 0 amide bonds. The number of hydrogen-bond acceptors (Lipinski definition) is 4. The summed E-state index contributed by atoms with van der Waals surface area (Å²) < 4.78 is 4.63. The number of carbonyl (C=O) groups excluding carboxylic acids is 1. The van der Waals surface area contributed by atoms with Crippen LogP contribution in [0.5, 0.6) is 0 Å². The first-order valence-electron chi connectivity index (χ1n) is 4.83. The molecule has 82 valence electrons. The summed E-state index contributed by atoms with van der Waals surface area (Å²) in [6.07, 6.45) is 5.11. The maximum absolute atomic E-state index is 10.9. The molecule has 1 aliphatic rings. The third-order valence-electron chi connectivity index (χ3n) is 2.10. The van der Waals surface area contributed by atoms with E-state index in [0.29, 0.717) is 6.42 Å². The number of rotatable bonds is 6. The molecule has 0 radical (unpaired) electrons. The molecule has 1 rings (SSSR count). The molecular formula is C9H15ClO2S2. The summed E-state index contributed by atoms with van der Waals surface area (Å²) in [5, 5.41) is 0.809. The SMILES string of the molecule is O=C(CCCC[C@@H]1CCSS1)OCCl. The fraction of sp³-hybridized carbons (Fsp3) is 0.889. The van der Waals surface area contributed by atoms with Gasteiger partial charge in [-0.05, 0) is 19.3 Å². The molecule has 0 aliphatic carbocycles. The van der Waals surface area contributed by atoms with Crippen molar-refractivity contribution in [3.8, 4) is 0 Å². The quantitative estimate of drug-likeness (QED) is 0.314. The van der Waals surface area contributed by atoms with Gasteiger partial charge in [0, 0.05) is 17.4 Å². The molecule has 1 heterocycles. The van der Waals surface area contributed by atoms with E-state index in [1.54, 1.807) is 0 Å². The minimum atomic E-state index is -0.173. The summed E-state index contributed by atoms with van der Waals surface area (Å²) in [5.41, 5.74) is 0. The smallest absolute Gasteiger partial charge is 0.306 e. The first-order valence-corrected chi connectivity index (χ1v) is 7.74. The van der Waals surface area contributed by atoms with Gasteiger partial charge in [0.1, 0.15) is 0 Å². The van der Waals surface area contributed by atoms with E-state index in [2.05, 4.69) is 4.74 Å². The Kier molecular flexibility index (Phi) is 6.90. The molecule has 1 saturated heterocycles. The molecule has 0 spiro atoms. The second-order valence-electron chi connectivity index (χ2n) is 3.20. The van der Waals surface area contributed by atoms with Gasteiger partial charge >= 0.3 is 5.97 Å². The highest BCUT2D eigenvalue weighted by molar-refractivity contribution is 8.77. The molecule has 5 heteroatoms. The van der Waals surface area contributed by atoms with Gasteiger partial charge in [-0.25, -0.2) is 0 Å². The summed E-state index contributed by atoms with van der Waals surface area (Å²) in [5.74, 6) is 1.11. The van der Waals surface area contributed by atoms with Gasteiger partial charge in [-0.15, -0.1) is 0 Å². The Hall–Kier alpha value is 0.460. The van der Waals surface area contributed by atoms with Crippen molar-refractivity contribution in [2.24, 2.45) is 0 Å².